The molecule has 2 rings (SSSR count). The molecule has 0 spiro atoms. The van der Waals surface area contributed by atoms with Crippen LogP contribution in [-0.4, -0.2) is 18.1 Å². The first kappa shape index (κ1) is 16.1. The normalized spacial score (nSPS) is 10.4. The molecule has 0 atom stereocenters. The fourth-order valence-corrected chi connectivity index (χ4v) is 2.78. The quantitative estimate of drug-likeness (QED) is 0.498. The van der Waals surface area contributed by atoms with Crippen LogP contribution in [0, 0.1) is 0 Å². The predicted octanol–water partition coefficient (Wildman–Crippen LogP) is 5.21. The molecule has 4 heteroatoms. The highest BCUT2D eigenvalue weighted by molar-refractivity contribution is 9.10. The van der Waals surface area contributed by atoms with E-state index in [0.717, 1.165) is 27.1 Å². The molecule has 2 nitrogen and oxygen atoms in total. The zero-order valence-corrected chi connectivity index (χ0v) is 14.2. The van der Waals surface area contributed by atoms with Crippen molar-refractivity contribution in [3.8, 4) is 5.75 Å². The number of rotatable bonds is 7. The van der Waals surface area contributed by atoms with Crippen molar-refractivity contribution >= 4 is 33.5 Å². The molecular formula is C17H17BrO2S. The van der Waals surface area contributed by atoms with Gasteiger partial charge in [0, 0.05) is 14.9 Å². The van der Waals surface area contributed by atoms with Gasteiger partial charge in [-0.1, -0.05) is 22.9 Å². The van der Waals surface area contributed by atoms with Crippen molar-refractivity contribution < 1.29 is 9.53 Å². The van der Waals surface area contributed by atoms with Crippen molar-refractivity contribution in [3.05, 3.63) is 58.6 Å². The van der Waals surface area contributed by atoms with Crippen LogP contribution in [0.2, 0.25) is 0 Å². The molecule has 0 radical (unpaired) electrons. The van der Waals surface area contributed by atoms with E-state index >= 15 is 0 Å². The molecular weight excluding hydrogens is 348 g/mol. The number of Topliss-reactive ketones (excluding diaryl/α,β-unsaturated/α-hetero) is 1. The van der Waals surface area contributed by atoms with Gasteiger partial charge in [0.2, 0.25) is 0 Å². The number of ether oxygens (including phenoxy) is 1. The predicted molar refractivity (Wildman–Crippen MR) is 91.4 cm³/mol. The molecule has 0 aromatic heterocycles. The maximum Gasteiger partial charge on any atom is 0.173 e. The summed E-state index contributed by atoms with van der Waals surface area (Å²) in [5, 5.41) is 0. The Kier molecular flexibility index (Phi) is 6.33. The molecule has 0 amide bonds. The molecule has 0 fully saturated rings. The summed E-state index contributed by atoms with van der Waals surface area (Å²) in [5.41, 5.74) is 0.725. The van der Waals surface area contributed by atoms with Crippen molar-refractivity contribution in [2.24, 2.45) is 0 Å². The van der Waals surface area contributed by atoms with Crippen molar-refractivity contribution in [2.75, 3.05) is 12.4 Å². The maximum absolute atomic E-state index is 12.1. The number of ketones is 1. The van der Waals surface area contributed by atoms with Gasteiger partial charge >= 0.3 is 0 Å². The lowest BCUT2D eigenvalue weighted by Gasteiger charge is -2.06. The zero-order valence-electron chi connectivity index (χ0n) is 11.8. The van der Waals surface area contributed by atoms with Gasteiger partial charge in [0.05, 0.1) is 12.4 Å². The second-order valence-electron chi connectivity index (χ2n) is 4.54. The third kappa shape index (κ3) is 5.21. The third-order valence-corrected chi connectivity index (χ3v) is 4.37. The van der Waals surface area contributed by atoms with E-state index in [2.05, 4.69) is 22.9 Å². The molecule has 0 N–H and O–H groups in total. The minimum atomic E-state index is 0.130. The number of hydrogen-bond acceptors (Lipinski definition) is 3. The van der Waals surface area contributed by atoms with Gasteiger partial charge in [-0.3, -0.25) is 4.79 Å². The Morgan fingerprint density at radius 3 is 2.38 bits per heavy atom. The minimum absolute atomic E-state index is 0.130. The number of carbonyl (C=O) groups excluding carboxylic acids is 1. The van der Waals surface area contributed by atoms with Gasteiger partial charge < -0.3 is 4.74 Å². The van der Waals surface area contributed by atoms with Gasteiger partial charge in [-0.15, -0.1) is 11.8 Å². The van der Waals surface area contributed by atoms with E-state index < -0.39 is 0 Å². The van der Waals surface area contributed by atoms with E-state index in [0.29, 0.717) is 12.4 Å². The summed E-state index contributed by atoms with van der Waals surface area (Å²) in [4.78, 5) is 13.2. The summed E-state index contributed by atoms with van der Waals surface area (Å²) < 4.78 is 6.55. The second-order valence-corrected chi connectivity index (χ2v) is 6.50. The summed E-state index contributed by atoms with van der Waals surface area (Å²) >= 11 is 4.95. The lowest BCUT2D eigenvalue weighted by Crippen LogP contribution is -2.02. The average molecular weight is 365 g/mol. The Hall–Kier alpha value is -1.26. The fourth-order valence-electron chi connectivity index (χ4n) is 1.72. The molecule has 0 aliphatic heterocycles. The summed E-state index contributed by atoms with van der Waals surface area (Å²) in [5.74, 6) is 1.38. The van der Waals surface area contributed by atoms with Crippen LogP contribution in [0.5, 0.6) is 5.75 Å². The lowest BCUT2D eigenvalue weighted by atomic mass is 10.1. The van der Waals surface area contributed by atoms with Gasteiger partial charge in [-0.25, -0.2) is 0 Å². The second kappa shape index (κ2) is 8.25. The molecule has 0 unspecified atom stereocenters. The Balaban J connectivity index is 1.89. The number of thioether (sulfide) groups is 1. The Labute approximate surface area is 138 Å². The summed E-state index contributed by atoms with van der Waals surface area (Å²) in [7, 11) is 0. The van der Waals surface area contributed by atoms with Gasteiger partial charge in [0.15, 0.2) is 5.78 Å². The number of benzene rings is 2. The van der Waals surface area contributed by atoms with E-state index in [1.165, 1.54) is 0 Å². The molecule has 2 aromatic carbocycles. The van der Waals surface area contributed by atoms with Crippen LogP contribution < -0.4 is 4.74 Å². The van der Waals surface area contributed by atoms with Gasteiger partial charge in [-0.2, -0.15) is 0 Å². The molecule has 0 heterocycles. The fraction of sp³-hybridized carbons (Fsp3) is 0.235. The Morgan fingerprint density at radius 2 is 1.76 bits per heavy atom. The van der Waals surface area contributed by atoms with Crippen LogP contribution in [0.15, 0.2) is 57.9 Å². The Bertz CT molecular complexity index is 579. The average Bonchev–Trinajstić information content (AvgIpc) is 2.52. The van der Waals surface area contributed by atoms with E-state index in [1.54, 1.807) is 11.8 Å². The molecule has 21 heavy (non-hydrogen) atoms. The minimum Gasteiger partial charge on any atom is -0.494 e. The number of hydrogen-bond donors (Lipinski definition) is 0. The number of carbonyl (C=O) groups is 1. The monoisotopic (exact) mass is 364 g/mol. The standard InChI is InChI=1S/C17H17BrO2S/c1-2-11-20-15-7-3-13(4-8-15)17(19)12-21-16-9-5-14(18)6-10-16/h3-10H,2,11-12H2,1H3. The van der Waals surface area contributed by atoms with Crippen molar-refractivity contribution in [3.63, 3.8) is 0 Å². The van der Waals surface area contributed by atoms with E-state index in [1.807, 2.05) is 48.5 Å². The van der Waals surface area contributed by atoms with Gasteiger partial charge in [0.25, 0.3) is 0 Å². The first-order valence-corrected chi connectivity index (χ1v) is 8.61. The first-order valence-electron chi connectivity index (χ1n) is 6.83. The molecule has 0 aliphatic rings. The summed E-state index contributed by atoms with van der Waals surface area (Å²) in [6, 6.07) is 15.3. The van der Waals surface area contributed by atoms with Crippen LogP contribution >= 0.6 is 27.7 Å². The topological polar surface area (TPSA) is 26.3 Å². The van der Waals surface area contributed by atoms with Gasteiger partial charge in [-0.05, 0) is 55.0 Å². The van der Waals surface area contributed by atoms with Crippen LogP contribution in [0.1, 0.15) is 23.7 Å². The number of halogens is 1. The zero-order chi connectivity index (χ0) is 15.1. The first-order chi connectivity index (χ1) is 10.2. The van der Waals surface area contributed by atoms with Crippen LogP contribution in [0.3, 0.4) is 0 Å². The van der Waals surface area contributed by atoms with Crippen LogP contribution in [0.4, 0.5) is 0 Å². The Morgan fingerprint density at radius 1 is 1.10 bits per heavy atom. The highest BCUT2D eigenvalue weighted by Gasteiger charge is 2.07. The van der Waals surface area contributed by atoms with Crippen molar-refractivity contribution in [1.82, 2.24) is 0 Å². The summed E-state index contributed by atoms with van der Waals surface area (Å²) in [6.45, 7) is 2.77. The van der Waals surface area contributed by atoms with E-state index in [9.17, 15) is 4.79 Å². The molecule has 110 valence electrons. The smallest absolute Gasteiger partial charge is 0.173 e. The highest BCUT2D eigenvalue weighted by Crippen LogP contribution is 2.22. The van der Waals surface area contributed by atoms with Crippen molar-refractivity contribution in [2.45, 2.75) is 18.2 Å². The van der Waals surface area contributed by atoms with E-state index in [4.69, 9.17) is 4.74 Å². The maximum atomic E-state index is 12.1. The SMILES string of the molecule is CCCOc1ccc(C(=O)CSc2ccc(Br)cc2)cc1. The molecule has 0 bridgehead atoms. The lowest BCUT2D eigenvalue weighted by molar-refractivity contribution is 0.102. The molecule has 0 aliphatic carbocycles. The molecule has 2 aromatic rings. The van der Waals surface area contributed by atoms with E-state index in [-0.39, 0.29) is 5.78 Å². The van der Waals surface area contributed by atoms with Crippen LogP contribution in [0.25, 0.3) is 0 Å². The largest absolute Gasteiger partial charge is 0.494 e. The highest BCUT2D eigenvalue weighted by atomic mass is 79.9. The van der Waals surface area contributed by atoms with Gasteiger partial charge in [0.1, 0.15) is 5.75 Å². The molecule has 0 saturated carbocycles. The van der Waals surface area contributed by atoms with Crippen molar-refractivity contribution in [1.29, 1.82) is 0 Å². The molecule has 0 saturated heterocycles. The third-order valence-electron chi connectivity index (χ3n) is 2.83. The summed E-state index contributed by atoms with van der Waals surface area (Å²) in [6.07, 6.45) is 0.977. The van der Waals surface area contributed by atoms with Crippen LogP contribution in [-0.2, 0) is 0 Å².